The van der Waals surface area contributed by atoms with Gasteiger partial charge in [-0.15, -0.1) is 0 Å². The van der Waals surface area contributed by atoms with E-state index in [-0.39, 0.29) is 19.0 Å². The first-order valence-corrected chi connectivity index (χ1v) is 14.2. The lowest BCUT2D eigenvalue weighted by molar-refractivity contribution is 0.0162. The summed E-state index contributed by atoms with van der Waals surface area (Å²) in [6.45, 7) is 2.98. The Kier molecular flexibility index (Phi) is 17.1. The zero-order chi connectivity index (χ0) is 25.1. The summed E-state index contributed by atoms with van der Waals surface area (Å²) in [6, 6.07) is 1.44. The van der Waals surface area contributed by atoms with E-state index < -0.39 is 32.3 Å². The number of nitrogens with zero attached hydrogens (tertiary/aromatic N) is 2. The molecule has 0 amide bonds. The minimum atomic E-state index is -3.98. The van der Waals surface area contributed by atoms with Gasteiger partial charge in [0.15, 0.2) is 0 Å². The summed E-state index contributed by atoms with van der Waals surface area (Å²) >= 11 is 0. The minimum absolute atomic E-state index is 0.0323. The lowest BCUT2D eigenvalue weighted by Gasteiger charge is -2.19. The number of ether oxygens (including phenoxy) is 2. The van der Waals surface area contributed by atoms with Gasteiger partial charge in [-0.25, -0.2) is 4.79 Å². The summed E-state index contributed by atoms with van der Waals surface area (Å²) in [7, 11) is -3.98. The average Bonchev–Trinajstić information content (AvgIpc) is 2.80. The number of nitrogen functional groups attached to an aromatic ring is 1. The van der Waals surface area contributed by atoms with Crippen molar-refractivity contribution in [3.8, 4) is 0 Å². The predicted octanol–water partition coefficient (Wildman–Crippen LogP) is 3.69. The van der Waals surface area contributed by atoms with Gasteiger partial charge in [-0.1, -0.05) is 64.7 Å². The Labute approximate surface area is 203 Å². The molecule has 11 heteroatoms. The third-order valence-corrected chi connectivity index (χ3v) is 6.40. The number of nitrogens with two attached hydrogens (primary N) is 1. The molecular weight excluding hydrogens is 461 g/mol. The van der Waals surface area contributed by atoms with Gasteiger partial charge >= 0.3 is 13.3 Å². The van der Waals surface area contributed by atoms with Gasteiger partial charge < -0.3 is 29.7 Å². The zero-order valence-corrected chi connectivity index (χ0v) is 21.5. The normalized spacial score (nSPS) is 14.2. The van der Waals surface area contributed by atoms with E-state index in [4.69, 9.17) is 19.7 Å². The Morgan fingerprint density at radius 1 is 1.03 bits per heavy atom. The second-order valence-corrected chi connectivity index (χ2v) is 10.3. The molecule has 0 saturated carbocycles. The summed E-state index contributed by atoms with van der Waals surface area (Å²) in [4.78, 5) is 25.2. The fourth-order valence-electron chi connectivity index (χ4n) is 3.36. The Morgan fingerprint density at radius 2 is 1.65 bits per heavy atom. The quantitative estimate of drug-likeness (QED) is 0.159. The number of hydrogen-bond donors (Lipinski definition) is 3. The Morgan fingerprint density at radius 3 is 2.26 bits per heavy atom. The van der Waals surface area contributed by atoms with Crippen molar-refractivity contribution in [2.24, 2.45) is 0 Å². The number of aromatic nitrogens is 2. The molecule has 0 aliphatic rings. The summed E-state index contributed by atoms with van der Waals surface area (Å²) < 4.78 is 29.2. The van der Waals surface area contributed by atoms with Gasteiger partial charge in [0.2, 0.25) is 0 Å². The fourth-order valence-corrected chi connectivity index (χ4v) is 4.25. The van der Waals surface area contributed by atoms with E-state index in [0.29, 0.717) is 19.6 Å². The molecule has 1 aromatic heterocycles. The molecule has 0 aliphatic heterocycles. The minimum Gasteiger partial charge on any atom is -0.394 e. The lowest BCUT2D eigenvalue weighted by atomic mass is 10.1. The lowest BCUT2D eigenvalue weighted by Crippen LogP contribution is -2.32. The second-order valence-electron chi connectivity index (χ2n) is 8.51. The fraction of sp³-hybridized carbons (Fsp3) is 0.826. The topological polar surface area (TPSA) is 146 Å². The summed E-state index contributed by atoms with van der Waals surface area (Å²) in [5, 5.41) is 9.43. The van der Waals surface area contributed by atoms with E-state index >= 15 is 0 Å². The Balaban J connectivity index is 2.04. The molecule has 1 unspecified atom stereocenters. The summed E-state index contributed by atoms with van der Waals surface area (Å²) in [6.07, 6.45) is 13.2. The molecule has 0 fully saturated rings. The van der Waals surface area contributed by atoms with Crippen molar-refractivity contribution in [1.29, 1.82) is 0 Å². The third kappa shape index (κ3) is 15.6. The van der Waals surface area contributed by atoms with Crippen LogP contribution >= 0.6 is 7.60 Å². The van der Waals surface area contributed by atoms with E-state index in [1.807, 2.05) is 0 Å². The first-order valence-electron chi connectivity index (χ1n) is 12.5. The van der Waals surface area contributed by atoms with E-state index in [0.717, 1.165) is 6.42 Å². The zero-order valence-electron chi connectivity index (χ0n) is 20.6. The highest BCUT2D eigenvalue weighted by Gasteiger charge is 2.22. The number of unbranched alkanes of at least 4 members (excludes halogenated alkanes) is 9. The number of aliphatic hydroxyl groups excluding tert-OH is 1. The maximum Gasteiger partial charge on any atom is 0.353 e. The van der Waals surface area contributed by atoms with Gasteiger partial charge in [0.1, 0.15) is 12.2 Å². The van der Waals surface area contributed by atoms with Crippen molar-refractivity contribution in [1.82, 2.24) is 9.55 Å². The smallest absolute Gasteiger partial charge is 0.353 e. The molecule has 34 heavy (non-hydrogen) atoms. The predicted molar refractivity (Wildman–Crippen MR) is 133 cm³/mol. The van der Waals surface area contributed by atoms with E-state index in [1.54, 1.807) is 0 Å². The van der Waals surface area contributed by atoms with E-state index in [1.165, 1.54) is 74.6 Å². The highest BCUT2D eigenvalue weighted by molar-refractivity contribution is 7.52. The van der Waals surface area contributed by atoms with E-state index in [9.17, 15) is 19.4 Å². The van der Waals surface area contributed by atoms with Gasteiger partial charge in [-0.2, -0.15) is 4.98 Å². The van der Waals surface area contributed by atoms with Gasteiger partial charge in [0.05, 0.1) is 25.9 Å². The van der Waals surface area contributed by atoms with Crippen molar-refractivity contribution >= 4 is 13.4 Å². The Bertz CT molecular complexity index is 748. The van der Waals surface area contributed by atoms with Gasteiger partial charge in [-0.05, 0) is 18.9 Å². The highest BCUT2D eigenvalue weighted by atomic mass is 31.2. The average molecular weight is 506 g/mol. The maximum absolute atomic E-state index is 12.1. The molecule has 0 saturated heterocycles. The van der Waals surface area contributed by atoms with Crippen LogP contribution in [0.1, 0.15) is 77.6 Å². The Hall–Kier alpha value is -1.29. The molecule has 0 radical (unpaired) electrons. The van der Waals surface area contributed by atoms with Crippen LogP contribution < -0.4 is 11.4 Å². The third-order valence-electron chi connectivity index (χ3n) is 5.34. The van der Waals surface area contributed by atoms with Crippen molar-refractivity contribution < 1.29 is 28.6 Å². The number of hydrogen-bond acceptors (Lipinski definition) is 8. The molecule has 1 heterocycles. The standard InChI is InChI=1S/C23H44N3O7P/c1-2-3-4-5-6-7-8-9-10-11-15-31-16-12-17-33-34(29,30)20-32-21(19-27)18-26-14-13-22(24)25-23(26)28/h13-14,21,27H,2-12,15-20H2,1H3,(H,29,30)(H2,24,25,28)/t21-/m0/s1. The molecule has 2 atom stereocenters. The number of anilines is 1. The summed E-state index contributed by atoms with van der Waals surface area (Å²) in [5.41, 5.74) is 4.84. The number of rotatable bonds is 22. The first-order chi connectivity index (χ1) is 16.4. The van der Waals surface area contributed by atoms with Crippen LogP contribution in [0.4, 0.5) is 5.82 Å². The van der Waals surface area contributed by atoms with Gasteiger partial charge in [0.25, 0.3) is 0 Å². The maximum atomic E-state index is 12.1. The van der Waals surface area contributed by atoms with Crippen LogP contribution in [0.25, 0.3) is 0 Å². The number of aliphatic hydroxyl groups is 1. The van der Waals surface area contributed by atoms with Gasteiger partial charge in [0, 0.05) is 19.4 Å². The largest absolute Gasteiger partial charge is 0.394 e. The first kappa shape index (κ1) is 30.7. The van der Waals surface area contributed by atoms with Crippen molar-refractivity contribution in [2.45, 2.75) is 90.2 Å². The molecule has 1 rings (SSSR count). The molecule has 1 aromatic rings. The molecule has 4 N–H and O–H groups in total. The highest BCUT2D eigenvalue weighted by Crippen LogP contribution is 2.42. The van der Waals surface area contributed by atoms with Crippen LogP contribution in [0.15, 0.2) is 17.1 Å². The monoisotopic (exact) mass is 505 g/mol. The molecule has 0 aliphatic carbocycles. The van der Waals surface area contributed by atoms with Crippen LogP contribution in [0.2, 0.25) is 0 Å². The van der Waals surface area contributed by atoms with Crippen LogP contribution in [-0.4, -0.2) is 58.4 Å². The van der Waals surface area contributed by atoms with Crippen molar-refractivity contribution in [2.75, 3.05) is 38.5 Å². The molecule has 0 bridgehead atoms. The molecule has 198 valence electrons. The second kappa shape index (κ2) is 19.0. The SMILES string of the molecule is CCCCCCCCCCCCOCCCOP(=O)(O)CO[C@H](CO)Cn1ccc(N)nc1=O. The van der Waals surface area contributed by atoms with Crippen LogP contribution in [0.3, 0.4) is 0 Å². The molecule has 10 nitrogen and oxygen atoms in total. The molecule has 0 spiro atoms. The van der Waals surface area contributed by atoms with Gasteiger partial charge in [-0.3, -0.25) is 9.13 Å². The van der Waals surface area contributed by atoms with Crippen LogP contribution in [-0.2, 0) is 25.1 Å². The molecular formula is C23H44N3O7P. The molecule has 0 aromatic carbocycles. The van der Waals surface area contributed by atoms with E-state index in [2.05, 4.69) is 11.9 Å². The van der Waals surface area contributed by atoms with Crippen molar-refractivity contribution in [3.63, 3.8) is 0 Å². The van der Waals surface area contributed by atoms with Crippen molar-refractivity contribution in [3.05, 3.63) is 22.7 Å². The summed E-state index contributed by atoms with van der Waals surface area (Å²) in [5.74, 6) is 0.0865. The van der Waals surface area contributed by atoms with Crippen LogP contribution in [0, 0.1) is 0 Å². The van der Waals surface area contributed by atoms with Crippen LogP contribution in [0.5, 0.6) is 0 Å².